The van der Waals surface area contributed by atoms with Crippen LogP contribution in [-0.2, 0) is 6.54 Å². The molecule has 0 unspecified atom stereocenters. The number of anilines is 2. The monoisotopic (exact) mass is 421 g/mol. The third kappa shape index (κ3) is 4.99. The Bertz CT molecular complexity index is 1030. The van der Waals surface area contributed by atoms with Gasteiger partial charge < -0.3 is 25.4 Å². The van der Waals surface area contributed by atoms with Crippen molar-refractivity contribution in [2.45, 2.75) is 44.3 Å². The number of para-hydroxylation sites is 1. The minimum Gasteiger partial charge on any atom is -0.504 e. The average molecular weight is 422 g/mol. The van der Waals surface area contributed by atoms with Gasteiger partial charge in [-0.3, -0.25) is 0 Å². The summed E-state index contributed by atoms with van der Waals surface area (Å²) in [5.41, 5.74) is 2.01. The van der Waals surface area contributed by atoms with Crippen molar-refractivity contribution in [3.8, 4) is 11.5 Å². The zero-order valence-corrected chi connectivity index (χ0v) is 18.4. The molecule has 3 N–H and O–H groups in total. The Morgan fingerprint density at radius 3 is 2.48 bits per heavy atom. The van der Waals surface area contributed by atoms with Crippen molar-refractivity contribution in [3.05, 3.63) is 48.0 Å². The maximum atomic E-state index is 9.95. The predicted octanol–water partition coefficient (Wildman–Crippen LogP) is 3.92. The highest BCUT2D eigenvalue weighted by atomic mass is 16.5. The Morgan fingerprint density at radius 2 is 1.77 bits per heavy atom. The van der Waals surface area contributed by atoms with Crippen molar-refractivity contribution < 1.29 is 9.84 Å². The fourth-order valence-electron chi connectivity index (χ4n) is 4.20. The number of hydrogen-bond acceptors (Lipinski definition) is 7. The SMILES string of the molecule is COc1ccc(CN[C@H]2CC[C@@H](Nc3nc(N(C)C)c4ccccc4n3)CC2)cc1O. The van der Waals surface area contributed by atoms with Crippen molar-refractivity contribution in [2.75, 3.05) is 31.4 Å². The second-order valence-electron chi connectivity index (χ2n) is 8.36. The lowest BCUT2D eigenvalue weighted by Crippen LogP contribution is -2.37. The van der Waals surface area contributed by atoms with Gasteiger partial charge in [0.25, 0.3) is 0 Å². The van der Waals surface area contributed by atoms with Crippen LogP contribution in [0.1, 0.15) is 31.2 Å². The molecule has 0 radical (unpaired) electrons. The molecule has 164 valence electrons. The van der Waals surface area contributed by atoms with Crippen LogP contribution in [0.4, 0.5) is 11.8 Å². The fourth-order valence-corrected chi connectivity index (χ4v) is 4.20. The molecule has 1 fully saturated rings. The Morgan fingerprint density at radius 1 is 1.03 bits per heavy atom. The van der Waals surface area contributed by atoms with E-state index in [9.17, 15) is 5.11 Å². The van der Waals surface area contributed by atoms with Crippen LogP contribution in [0, 0.1) is 0 Å². The largest absolute Gasteiger partial charge is 0.504 e. The maximum absolute atomic E-state index is 9.95. The number of fused-ring (bicyclic) bond motifs is 1. The number of aromatic hydroxyl groups is 1. The Labute approximate surface area is 183 Å². The van der Waals surface area contributed by atoms with Crippen molar-refractivity contribution in [2.24, 2.45) is 0 Å². The van der Waals surface area contributed by atoms with E-state index in [1.54, 1.807) is 19.2 Å². The number of aromatic nitrogens is 2. The highest BCUT2D eigenvalue weighted by molar-refractivity contribution is 5.90. The van der Waals surface area contributed by atoms with Gasteiger partial charge in [0.2, 0.25) is 5.95 Å². The van der Waals surface area contributed by atoms with E-state index in [1.807, 2.05) is 43.3 Å². The zero-order valence-electron chi connectivity index (χ0n) is 18.4. The van der Waals surface area contributed by atoms with Gasteiger partial charge in [0.05, 0.1) is 12.6 Å². The summed E-state index contributed by atoms with van der Waals surface area (Å²) in [6, 6.07) is 14.5. The molecule has 4 rings (SSSR count). The van der Waals surface area contributed by atoms with Gasteiger partial charge in [-0.15, -0.1) is 0 Å². The molecule has 0 atom stereocenters. The number of phenols is 1. The zero-order chi connectivity index (χ0) is 21.8. The van der Waals surface area contributed by atoms with Crippen LogP contribution in [-0.4, -0.2) is 48.4 Å². The summed E-state index contributed by atoms with van der Waals surface area (Å²) in [6.45, 7) is 0.736. The molecule has 0 aliphatic heterocycles. The van der Waals surface area contributed by atoms with E-state index in [-0.39, 0.29) is 5.75 Å². The molecule has 2 aromatic carbocycles. The molecule has 1 aromatic heterocycles. The highest BCUT2D eigenvalue weighted by Gasteiger charge is 2.22. The van der Waals surface area contributed by atoms with Gasteiger partial charge in [-0.2, -0.15) is 4.98 Å². The first-order chi connectivity index (χ1) is 15.0. The first-order valence-corrected chi connectivity index (χ1v) is 10.8. The Hall–Kier alpha value is -3.06. The predicted molar refractivity (Wildman–Crippen MR) is 125 cm³/mol. The maximum Gasteiger partial charge on any atom is 0.225 e. The molecular weight excluding hydrogens is 390 g/mol. The Kier molecular flexibility index (Phi) is 6.42. The number of ether oxygens (including phenoxy) is 1. The summed E-state index contributed by atoms with van der Waals surface area (Å²) in [5.74, 6) is 2.32. The number of hydrogen-bond donors (Lipinski definition) is 3. The van der Waals surface area contributed by atoms with E-state index in [4.69, 9.17) is 14.7 Å². The molecule has 0 spiro atoms. The van der Waals surface area contributed by atoms with E-state index in [0.29, 0.717) is 23.8 Å². The molecule has 3 aromatic rings. The molecule has 1 saturated carbocycles. The lowest BCUT2D eigenvalue weighted by molar-refractivity contribution is 0.351. The minimum atomic E-state index is 0.183. The van der Waals surface area contributed by atoms with E-state index < -0.39 is 0 Å². The number of rotatable bonds is 7. The first-order valence-electron chi connectivity index (χ1n) is 10.8. The van der Waals surface area contributed by atoms with Crippen LogP contribution in [0.3, 0.4) is 0 Å². The molecular formula is C24H31N5O2. The van der Waals surface area contributed by atoms with Crippen molar-refractivity contribution in [1.29, 1.82) is 0 Å². The summed E-state index contributed by atoms with van der Waals surface area (Å²) in [5, 5.41) is 18.2. The van der Waals surface area contributed by atoms with Crippen molar-refractivity contribution in [1.82, 2.24) is 15.3 Å². The number of phenolic OH excluding ortho intramolecular Hbond substituents is 1. The molecule has 1 aliphatic carbocycles. The molecule has 7 nitrogen and oxygen atoms in total. The fraction of sp³-hybridized carbons (Fsp3) is 0.417. The van der Waals surface area contributed by atoms with Crippen LogP contribution in [0.15, 0.2) is 42.5 Å². The van der Waals surface area contributed by atoms with Crippen molar-refractivity contribution >= 4 is 22.7 Å². The van der Waals surface area contributed by atoms with Crippen LogP contribution < -0.4 is 20.3 Å². The van der Waals surface area contributed by atoms with Gasteiger partial charge in [-0.05, 0) is 55.5 Å². The standard InChI is InChI=1S/C24H31N5O2/c1-29(2)23-19-6-4-5-7-20(19)27-24(28-23)26-18-11-9-17(10-12-18)25-15-16-8-13-22(31-3)21(30)14-16/h4-8,13-14,17-18,25,30H,9-12,15H2,1-3H3,(H,26,27,28)/t17-,18+. The summed E-state index contributed by atoms with van der Waals surface area (Å²) >= 11 is 0. The van der Waals surface area contributed by atoms with Gasteiger partial charge in [0, 0.05) is 38.1 Å². The molecule has 0 amide bonds. The smallest absolute Gasteiger partial charge is 0.225 e. The molecule has 1 heterocycles. The highest BCUT2D eigenvalue weighted by Crippen LogP contribution is 2.28. The topological polar surface area (TPSA) is 82.5 Å². The quantitative estimate of drug-likeness (QED) is 0.533. The lowest BCUT2D eigenvalue weighted by Gasteiger charge is -2.30. The number of methoxy groups -OCH3 is 1. The van der Waals surface area contributed by atoms with Crippen LogP contribution in [0.25, 0.3) is 10.9 Å². The molecule has 0 bridgehead atoms. The number of nitrogens with zero attached hydrogens (tertiary/aromatic N) is 3. The lowest BCUT2D eigenvalue weighted by atomic mass is 9.91. The van der Waals surface area contributed by atoms with Gasteiger partial charge >= 0.3 is 0 Å². The van der Waals surface area contributed by atoms with Crippen LogP contribution >= 0.6 is 0 Å². The molecule has 0 saturated heterocycles. The Balaban J connectivity index is 1.33. The third-order valence-corrected chi connectivity index (χ3v) is 5.91. The summed E-state index contributed by atoms with van der Waals surface area (Å²) in [6.07, 6.45) is 4.32. The minimum absolute atomic E-state index is 0.183. The van der Waals surface area contributed by atoms with E-state index >= 15 is 0 Å². The van der Waals surface area contributed by atoms with E-state index in [0.717, 1.165) is 54.5 Å². The molecule has 31 heavy (non-hydrogen) atoms. The first kappa shape index (κ1) is 21.2. The van der Waals surface area contributed by atoms with Crippen molar-refractivity contribution in [3.63, 3.8) is 0 Å². The summed E-state index contributed by atoms with van der Waals surface area (Å²) < 4.78 is 5.11. The van der Waals surface area contributed by atoms with Gasteiger partial charge in [0.1, 0.15) is 5.82 Å². The van der Waals surface area contributed by atoms with Gasteiger partial charge in [-0.25, -0.2) is 4.98 Å². The van der Waals surface area contributed by atoms with E-state index in [1.165, 1.54) is 0 Å². The summed E-state index contributed by atoms with van der Waals surface area (Å²) in [7, 11) is 5.58. The van der Waals surface area contributed by atoms with Crippen LogP contribution in [0.2, 0.25) is 0 Å². The second-order valence-corrected chi connectivity index (χ2v) is 8.36. The normalized spacial score (nSPS) is 18.7. The number of nitrogens with one attached hydrogen (secondary N) is 2. The third-order valence-electron chi connectivity index (χ3n) is 5.91. The van der Waals surface area contributed by atoms with Gasteiger partial charge in [-0.1, -0.05) is 18.2 Å². The average Bonchev–Trinajstić information content (AvgIpc) is 2.78. The summed E-state index contributed by atoms with van der Waals surface area (Å²) in [4.78, 5) is 11.5. The second kappa shape index (κ2) is 9.39. The number of benzene rings is 2. The molecule has 7 heteroatoms. The van der Waals surface area contributed by atoms with Crippen LogP contribution in [0.5, 0.6) is 11.5 Å². The van der Waals surface area contributed by atoms with E-state index in [2.05, 4.69) is 16.7 Å². The van der Waals surface area contributed by atoms with Gasteiger partial charge in [0.15, 0.2) is 11.5 Å². The molecule has 1 aliphatic rings.